The SMILES string of the molecule is CC1=C[C@H](Br)/C(=C\Br)C=C1Br. The maximum atomic E-state index is 3.54. The Kier molecular flexibility index (Phi) is 3.59. The van der Waals surface area contributed by atoms with Gasteiger partial charge >= 0.3 is 0 Å². The monoisotopic (exact) mass is 340 g/mol. The summed E-state index contributed by atoms with van der Waals surface area (Å²) < 4.78 is 1.15. The van der Waals surface area contributed by atoms with Gasteiger partial charge in [-0.3, -0.25) is 0 Å². The number of hydrogen-bond acceptors (Lipinski definition) is 0. The first-order valence-corrected chi connectivity index (χ1v) is 5.78. The summed E-state index contributed by atoms with van der Waals surface area (Å²) in [6.45, 7) is 2.08. The Bertz CT molecular complexity index is 248. The van der Waals surface area contributed by atoms with E-state index in [0.29, 0.717) is 4.83 Å². The van der Waals surface area contributed by atoms with Gasteiger partial charge in [0.25, 0.3) is 0 Å². The van der Waals surface area contributed by atoms with Crippen LogP contribution < -0.4 is 0 Å². The number of alkyl halides is 1. The minimum Gasteiger partial charge on any atom is -0.0793 e. The van der Waals surface area contributed by atoms with Crippen molar-refractivity contribution < 1.29 is 0 Å². The number of allylic oxidation sites excluding steroid dienone is 5. The first-order chi connectivity index (χ1) is 5.15. The van der Waals surface area contributed by atoms with Crippen LogP contribution in [0.15, 0.2) is 32.8 Å². The molecule has 0 spiro atoms. The predicted octanol–water partition coefficient (Wildman–Crippen LogP) is 4.27. The van der Waals surface area contributed by atoms with Gasteiger partial charge in [0.2, 0.25) is 0 Å². The van der Waals surface area contributed by atoms with Gasteiger partial charge in [-0.2, -0.15) is 0 Å². The first-order valence-electron chi connectivity index (χ1n) is 3.15. The smallest absolute Gasteiger partial charge is 0.0586 e. The molecule has 0 amide bonds. The van der Waals surface area contributed by atoms with Crippen molar-refractivity contribution >= 4 is 47.8 Å². The summed E-state index contributed by atoms with van der Waals surface area (Å²) in [5.74, 6) is 0. The van der Waals surface area contributed by atoms with Gasteiger partial charge < -0.3 is 0 Å². The Hall–Kier alpha value is 0.660. The van der Waals surface area contributed by atoms with Crippen LogP contribution in [0.4, 0.5) is 0 Å². The first kappa shape index (κ1) is 9.75. The lowest BCUT2D eigenvalue weighted by atomic mass is 10.1. The van der Waals surface area contributed by atoms with Gasteiger partial charge in [-0.05, 0) is 29.1 Å². The Balaban J connectivity index is 2.98. The molecule has 0 saturated heterocycles. The Labute approximate surface area is 91.8 Å². The van der Waals surface area contributed by atoms with Crippen molar-refractivity contribution in [3.05, 3.63) is 32.8 Å². The molecule has 1 atom stereocenters. The molecule has 1 aliphatic carbocycles. The number of hydrogen-bond donors (Lipinski definition) is 0. The molecule has 0 nitrogen and oxygen atoms in total. The van der Waals surface area contributed by atoms with Crippen molar-refractivity contribution in [1.82, 2.24) is 0 Å². The van der Waals surface area contributed by atoms with Crippen molar-refractivity contribution in [1.29, 1.82) is 0 Å². The van der Waals surface area contributed by atoms with E-state index in [2.05, 4.69) is 66.9 Å². The molecule has 1 aliphatic rings. The molecule has 0 aromatic heterocycles. The van der Waals surface area contributed by atoms with E-state index in [9.17, 15) is 0 Å². The van der Waals surface area contributed by atoms with Gasteiger partial charge in [0.1, 0.15) is 0 Å². The summed E-state index contributed by atoms with van der Waals surface area (Å²) >= 11 is 10.3. The van der Waals surface area contributed by atoms with E-state index >= 15 is 0 Å². The van der Waals surface area contributed by atoms with E-state index in [0.717, 1.165) is 4.48 Å². The molecular weight excluding hydrogens is 336 g/mol. The molecule has 0 unspecified atom stereocenters. The van der Waals surface area contributed by atoms with Crippen LogP contribution in [0.1, 0.15) is 6.92 Å². The average molecular weight is 343 g/mol. The van der Waals surface area contributed by atoms with Crippen molar-refractivity contribution in [2.45, 2.75) is 11.8 Å². The quantitative estimate of drug-likeness (QED) is 0.577. The van der Waals surface area contributed by atoms with Crippen LogP contribution in [0.25, 0.3) is 0 Å². The van der Waals surface area contributed by atoms with Gasteiger partial charge in [0, 0.05) is 4.48 Å². The molecule has 0 bridgehead atoms. The van der Waals surface area contributed by atoms with Crippen LogP contribution in [-0.4, -0.2) is 4.83 Å². The zero-order valence-corrected chi connectivity index (χ0v) is 10.7. The highest BCUT2D eigenvalue weighted by Crippen LogP contribution is 2.30. The molecule has 0 aliphatic heterocycles. The molecule has 0 N–H and O–H groups in total. The van der Waals surface area contributed by atoms with Crippen LogP contribution in [0.5, 0.6) is 0 Å². The van der Waals surface area contributed by atoms with Gasteiger partial charge in [-0.15, -0.1) is 0 Å². The normalized spacial score (nSPS) is 28.4. The zero-order valence-electron chi connectivity index (χ0n) is 5.94. The summed E-state index contributed by atoms with van der Waals surface area (Å²) in [7, 11) is 0. The third-order valence-electron chi connectivity index (χ3n) is 1.51. The van der Waals surface area contributed by atoms with E-state index in [1.807, 2.05) is 4.99 Å². The fourth-order valence-corrected chi connectivity index (χ4v) is 2.66. The lowest BCUT2D eigenvalue weighted by Gasteiger charge is -2.14. The molecule has 0 radical (unpaired) electrons. The van der Waals surface area contributed by atoms with Crippen LogP contribution in [0.3, 0.4) is 0 Å². The summed E-state index contributed by atoms with van der Waals surface area (Å²) in [6.07, 6.45) is 4.26. The van der Waals surface area contributed by atoms with Crippen molar-refractivity contribution in [2.24, 2.45) is 0 Å². The third kappa shape index (κ3) is 2.30. The van der Waals surface area contributed by atoms with Crippen molar-refractivity contribution in [3.63, 3.8) is 0 Å². The van der Waals surface area contributed by atoms with E-state index in [1.54, 1.807) is 0 Å². The molecule has 11 heavy (non-hydrogen) atoms. The molecule has 0 fully saturated rings. The molecule has 3 heteroatoms. The molecule has 0 aromatic rings. The molecule has 0 heterocycles. The molecule has 1 rings (SSSR count). The lowest BCUT2D eigenvalue weighted by Crippen LogP contribution is -2.02. The Morgan fingerprint density at radius 3 is 2.73 bits per heavy atom. The average Bonchev–Trinajstić information content (AvgIpc) is 1.97. The fraction of sp³-hybridized carbons (Fsp3) is 0.250. The van der Waals surface area contributed by atoms with E-state index < -0.39 is 0 Å². The van der Waals surface area contributed by atoms with Crippen LogP contribution in [-0.2, 0) is 0 Å². The molecule has 0 aromatic carbocycles. The van der Waals surface area contributed by atoms with Crippen LogP contribution >= 0.6 is 47.8 Å². The topological polar surface area (TPSA) is 0 Å². The maximum Gasteiger partial charge on any atom is 0.0586 e. The second-order valence-corrected chi connectivity index (χ2v) is 4.65. The minimum absolute atomic E-state index is 0.336. The summed E-state index contributed by atoms with van der Waals surface area (Å²) in [5, 5.41) is 0. The minimum atomic E-state index is 0.336. The number of halogens is 3. The van der Waals surface area contributed by atoms with Crippen molar-refractivity contribution in [3.8, 4) is 0 Å². The molecule has 0 saturated carbocycles. The van der Waals surface area contributed by atoms with Gasteiger partial charge in [-0.25, -0.2) is 0 Å². The Morgan fingerprint density at radius 2 is 2.18 bits per heavy atom. The maximum absolute atomic E-state index is 3.54. The van der Waals surface area contributed by atoms with Gasteiger partial charge in [0.05, 0.1) is 4.83 Å². The van der Waals surface area contributed by atoms with Crippen molar-refractivity contribution in [2.75, 3.05) is 0 Å². The van der Waals surface area contributed by atoms with Gasteiger partial charge in [0.15, 0.2) is 0 Å². The van der Waals surface area contributed by atoms with E-state index in [-0.39, 0.29) is 0 Å². The van der Waals surface area contributed by atoms with Gasteiger partial charge in [-0.1, -0.05) is 53.9 Å². The van der Waals surface area contributed by atoms with E-state index in [4.69, 9.17) is 0 Å². The highest BCUT2D eigenvalue weighted by Gasteiger charge is 2.12. The standard InChI is InChI=1S/C8H7Br3/c1-5-2-8(11)6(4-9)3-7(5)10/h2-4,8H,1H3/b6-4-/t8-/m0/s1. The zero-order chi connectivity index (χ0) is 8.43. The fourth-order valence-electron chi connectivity index (χ4n) is 0.827. The Morgan fingerprint density at radius 1 is 1.55 bits per heavy atom. The summed E-state index contributed by atoms with van der Waals surface area (Å²) in [6, 6.07) is 0. The second-order valence-electron chi connectivity index (χ2n) is 2.35. The number of rotatable bonds is 0. The molecule has 60 valence electrons. The van der Waals surface area contributed by atoms with Crippen LogP contribution in [0, 0.1) is 0 Å². The van der Waals surface area contributed by atoms with Crippen LogP contribution in [0.2, 0.25) is 0 Å². The highest BCUT2D eigenvalue weighted by atomic mass is 79.9. The summed E-state index contributed by atoms with van der Waals surface area (Å²) in [4.78, 5) is 2.26. The third-order valence-corrected chi connectivity index (χ3v) is 3.69. The summed E-state index contributed by atoms with van der Waals surface area (Å²) in [5.41, 5.74) is 2.49. The predicted molar refractivity (Wildman–Crippen MR) is 60.5 cm³/mol. The van der Waals surface area contributed by atoms with E-state index in [1.165, 1.54) is 11.1 Å². The lowest BCUT2D eigenvalue weighted by molar-refractivity contribution is 1.25. The molecular formula is C8H7Br3. The highest BCUT2D eigenvalue weighted by molar-refractivity contribution is 9.12. The largest absolute Gasteiger partial charge is 0.0793 e. The second kappa shape index (κ2) is 4.06.